The van der Waals surface area contributed by atoms with Crippen LogP contribution in [0, 0.1) is 6.92 Å². The molecule has 0 aliphatic rings. The highest BCUT2D eigenvalue weighted by Crippen LogP contribution is 2.30. The smallest absolute Gasteiger partial charge is 0.306 e. The van der Waals surface area contributed by atoms with E-state index in [-0.39, 0.29) is 0 Å². The first-order chi connectivity index (χ1) is 9.00. The van der Waals surface area contributed by atoms with Gasteiger partial charge in [0.2, 0.25) is 0 Å². The van der Waals surface area contributed by atoms with E-state index in [9.17, 15) is 15.0 Å². The molecule has 0 fully saturated rings. The maximum absolute atomic E-state index is 10.6. The predicted molar refractivity (Wildman–Crippen MR) is 71.9 cm³/mol. The first kappa shape index (κ1) is 13.5. The minimum Gasteiger partial charge on any atom is -0.481 e. The normalized spacial score (nSPS) is 14.3. The fourth-order valence-electron chi connectivity index (χ4n) is 2.28. The summed E-state index contributed by atoms with van der Waals surface area (Å²) >= 11 is 0. The van der Waals surface area contributed by atoms with Gasteiger partial charge in [0.05, 0.1) is 12.5 Å². The van der Waals surface area contributed by atoms with Crippen LogP contribution in [-0.2, 0) is 4.79 Å². The van der Waals surface area contributed by atoms with Crippen LogP contribution in [0.4, 0.5) is 0 Å². The summed E-state index contributed by atoms with van der Waals surface area (Å²) in [4.78, 5) is 10.6. The number of benzene rings is 2. The number of aryl methyl sites for hydroxylation is 1. The molecule has 19 heavy (non-hydrogen) atoms. The lowest BCUT2D eigenvalue weighted by Gasteiger charge is -2.20. The van der Waals surface area contributed by atoms with Crippen LogP contribution < -0.4 is 0 Å². The number of carboxylic acids is 1. The number of carbonyl (C=O) groups is 1. The second-order valence-electron chi connectivity index (χ2n) is 4.63. The number of fused-ring (bicyclic) bond motifs is 1. The van der Waals surface area contributed by atoms with Gasteiger partial charge in [0.1, 0.15) is 6.10 Å². The van der Waals surface area contributed by atoms with Gasteiger partial charge in [0, 0.05) is 0 Å². The summed E-state index contributed by atoms with van der Waals surface area (Å²) in [6.45, 7) is 1.83. The van der Waals surface area contributed by atoms with Gasteiger partial charge >= 0.3 is 5.97 Å². The molecule has 0 amide bonds. The average Bonchev–Trinajstić information content (AvgIpc) is 2.37. The number of hydrogen-bond acceptors (Lipinski definition) is 3. The van der Waals surface area contributed by atoms with E-state index in [1.54, 1.807) is 0 Å². The van der Waals surface area contributed by atoms with Gasteiger partial charge in [-0.15, -0.1) is 0 Å². The molecular formula is C15H16O4. The van der Waals surface area contributed by atoms with Crippen molar-refractivity contribution in [3.63, 3.8) is 0 Å². The molecule has 0 saturated carbocycles. The van der Waals surface area contributed by atoms with Gasteiger partial charge in [-0.1, -0.05) is 36.4 Å². The molecule has 0 heterocycles. The molecule has 0 aliphatic carbocycles. The lowest BCUT2D eigenvalue weighted by atomic mass is 9.92. The summed E-state index contributed by atoms with van der Waals surface area (Å²) < 4.78 is 0. The fourth-order valence-corrected chi connectivity index (χ4v) is 2.28. The monoisotopic (exact) mass is 260 g/mol. The van der Waals surface area contributed by atoms with Crippen LogP contribution in [0.25, 0.3) is 10.8 Å². The number of rotatable bonds is 4. The highest BCUT2D eigenvalue weighted by molar-refractivity contribution is 5.87. The topological polar surface area (TPSA) is 77.8 Å². The van der Waals surface area contributed by atoms with E-state index in [2.05, 4.69) is 0 Å². The first-order valence-electron chi connectivity index (χ1n) is 6.07. The Bertz CT molecular complexity index is 606. The van der Waals surface area contributed by atoms with Crippen molar-refractivity contribution >= 4 is 16.7 Å². The predicted octanol–water partition coefficient (Wildman–Crippen LogP) is 2.02. The summed E-state index contributed by atoms with van der Waals surface area (Å²) in [5.74, 6) is -1.13. The molecule has 0 aromatic heterocycles. The van der Waals surface area contributed by atoms with E-state index in [1.807, 2.05) is 43.3 Å². The van der Waals surface area contributed by atoms with Crippen molar-refractivity contribution in [3.8, 4) is 0 Å². The Balaban J connectivity index is 2.48. The largest absolute Gasteiger partial charge is 0.481 e. The lowest BCUT2D eigenvalue weighted by molar-refractivity contribution is -0.141. The molecule has 0 saturated heterocycles. The van der Waals surface area contributed by atoms with E-state index < -0.39 is 24.6 Å². The Labute approximate surface area is 110 Å². The molecule has 3 N–H and O–H groups in total. The Morgan fingerprint density at radius 1 is 1.16 bits per heavy atom. The van der Waals surface area contributed by atoms with Crippen molar-refractivity contribution in [1.82, 2.24) is 0 Å². The third kappa shape index (κ3) is 2.75. The van der Waals surface area contributed by atoms with Gasteiger partial charge in [-0.05, 0) is 28.8 Å². The number of aliphatic hydroxyl groups is 2. The van der Waals surface area contributed by atoms with Crippen molar-refractivity contribution in [2.45, 2.75) is 25.6 Å². The minimum atomic E-state index is -1.32. The van der Waals surface area contributed by atoms with E-state index in [0.717, 1.165) is 16.3 Å². The van der Waals surface area contributed by atoms with Gasteiger partial charge in [-0.25, -0.2) is 0 Å². The molecule has 0 aliphatic heterocycles. The number of hydrogen-bond donors (Lipinski definition) is 3. The van der Waals surface area contributed by atoms with Crippen LogP contribution >= 0.6 is 0 Å². The van der Waals surface area contributed by atoms with Crippen molar-refractivity contribution in [3.05, 3.63) is 47.5 Å². The number of aliphatic carboxylic acids is 1. The highest BCUT2D eigenvalue weighted by atomic mass is 16.4. The maximum atomic E-state index is 10.6. The van der Waals surface area contributed by atoms with Gasteiger partial charge in [-0.2, -0.15) is 0 Å². The van der Waals surface area contributed by atoms with Gasteiger partial charge in [0.25, 0.3) is 0 Å². The summed E-state index contributed by atoms with van der Waals surface area (Å²) in [6.07, 6.45) is -3.01. The third-order valence-corrected chi connectivity index (χ3v) is 3.23. The fraction of sp³-hybridized carbons (Fsp3) is 0.267. The quantitative estimate of drug-likeness (QED) is 0.786. The lowest BCUT2D eigenvalue weighted by Crippen LogP contribution is -2.22. The first-order valence-corrected chi connectivity index (χ1v) is 6.07. The van der Waals surface area contributed by atoms with Crippen molar-refractivity contribution in [1.29, 1.82) is 0 Å². The van der Waals surface area contributed by atoms with E-state index in [1.165, 1.54) is 0 Å². The van der Waals surface area contributed by atoms with Crippen molar-refractivity contribution in [2.75, 3.05) is 0 Å². The average molecular weight is 260 g/mol. The zero-order chi connectivity index (χ0) is 14.0. The summed E-state index contributed by atoms with van der Waals surface area (Å²) in [6, 6.07) is 11.3. The standard InChI is InChI=1S/C15H16O4/c1-9-6-7-10-4-2-3-5-11(10)14(9)15(19)12(16)8-13(17)18/h2-7,12,15-16,19H,8H2,1H3,(H,17,18). The molecule has 2 atom stereocenters. The molecule has 0 spiro atoms. The molecule has 4 nitrogen and oxygen atoms in total. The van der Waals surface area contributed by atoms with E-state index >= 15 is 0 Å². The van der Waals surface area contributed by atoms with E-state index in [4.69, 9.17) is 5.11 Å². The van der Waals surface area contributed by atoms with Gasteiger partial charge in [0.15, 0.2) is 0 Å². The number of carboxylic acid groups (broad SMARTS) is 1. The highest BCUT2D eigenvalue weighted by Gasteiger charge is 2.24. The molecule has 100 valence electrons. The summed E-state index contributed by atoms with van der Waals surface area (Å²) in [5.41, 5.74) is 1.42. The maximum Gasteiger partial charge on any atom is 0.306 e. The Kier molecular flexibility index (Phi) is 3.83. The Hall–Kier alpha value is -1.91. The molecule has 2 rings (SSSR count). The second kappa shape index (κ2) is 5.38. The van der Waals surface area contributed by atoms with Crippen LogP contribution in [0.3, 0.4) is 0 Å². The summed E-state index contributed by atoms with van der Waals surface area (Å²) in [7, 11) is 0. The van der Waals surface area contributed by atoms with Crippen LogP contribution in [0.5, 0.6) is 0 Å². The molecule has 2 aromatic rings. The van der Waals surface area contributed by atoms with Crippen LogP contribution in [-0.4, -0.2) is 27.4 Å². The zero-order valence-electron chi connectivity index (χ0n) is 10.6. The zero-order valence-corrected chi connectivity index (χ0v) is 10.6. The van der Waals surface area contributed by atoms with Crippen LogP contribution in [0.1, 0.15) is 23.7 Å². The molecule has 4 heteroatoms. The SMILES string of the molecule is Cc1ccc2ccccc2c1C(O)C(O)CC(=O)O. The summed E-state index contributed by atoms with van der Waals surface area (Å²) in [5, 5.41) is 30.5. The van der Waals surface area contributed by atoms with Crippen LogP contribution in [0.15, 0.2) is 36.4 Å². The molecule has 2 unspecified atom stereocenters. The van der Waals surface area contributed by atoms with Gasteiger partial charge < -0.3 is 15.3 Å². The minimum absolute atomic E-state index is 0.482. The molecule has 2 aromatic carbocycles. The third-order valence-electron chi connectivity index (χ3n) is 3.23. The molecular weight excluding hydrogens is 244 g/mol. The molecule has 0 radical (unpaired) electrons. The Morgan fingerprint density at radius 3 is 2.53 bits per heavy atom. The molecule has 0 bridgehead atoms. The van der Waals surface area contributed by atoms with Crippen LogP contribution in [0.2, 0.25) is 0 Å². The van der Waals surface area contributed by atoms with Crippen molar-refractivity contribution < 1.29 is 20.1 Å². The van der Waals surface area contributed by atoms with Gasteiger partial charge in [-0.3, -0.25) is 4.79 Å². The second-order valence-corrected chi connectivity index (χ2v) is 4.63. The number of aliphatic hydroxyl groups excluding tert-OH is 2. The van der Waals surface area contributed by atoms with E-state index in [0.29, 0.717) is 5.56 Å². The Morgan fingerprint density at radius 2 is 1.84 bits per heavy atom. The van der Waals surface area contributed by atoms with Crippen molar-refractivity contribution in [2.24, 2.45) is 0 Å².